The van der Waals surface area contributed by atoms with Crippen LogP contribution in [0, 0.1) is 5.82 Å². The molecule has 4 heteroatoms. The van der Waals surface area contributed by atoms with Gasteiger partial charge in [-0.3, -0.25) is 4.79 Å². The van der Waals surface area contributed by atoms with Crippen molar-refractivity contribution in [2.24, 2.45) is 0 Å². The molecule has 1 unspecified atom stereocenters. The molecule has 0 aliphatic rings. The molecule has 2 aromatic rings. The number of carbonyl (C=O) groups is 1. The minimum Gasteiger partial charge on any atom is -0.481 e. The van der Waals surface area contributed by atoms with Gasteiger partial charge >= 0.3 is 0 Å². The number of aryl methyl sites for hydroxylation is 1. The first kappa shape index (κ1) is 15.0. The summed E-state index contributed by atoms with van der Waals surface area (Å²) in [6.07, 6.45) is 0.273. The number of ether oxygens (including phenoxy) is 1. The SMILES string of the molecule is CCc1cccc(OC(C)C(=O)Nc2ccc(F)cc2)c1. The highest BCUT2D eigenvalue weighted by Gasteiger charge is 2.15. The minimum atomic E-state index is -0.637. The van der Waals surface area contributed by atoms with Crippen molar-refractivity contribution in [1.29, 1.82) is 0 Å². The molecule has 110 valence electrons. The molecule has 0 spiro atoms. The fraction of sp³-hybridized carbons (Fsp3) is 0.235. The Balaban J connectivity index is 1.97. The Labute approximate surface area is 123 Å². The van der Waals surface area contributed by atoms with Crippen LogP contribution in [0.2, 0.25) is 0 Å². The summed E-state index contributed by atoms with van der Waals surface area (Å²) in [6.45, 7) is 3.74. The van der Waals surface area contributed by atoms with Crippen molar-refractivity contribution < 1.29 is 13.9 Å². The molecule has 0 aliphatic heterocycles. The zero-order valence-electron chi connectivity index (χ0n) is 12.1. The molecule has 0 fully saturated rings. The maximum atomic E-state index is 12.8. The first-order chi connectivity index (χ1) is 10.1. The number of hydrogen-bond donors (Lipinski definition) is 1. The fourth-order valence-electron chi connectivity index (χ4n) is 1.87. The Morgan fingerprint density at radius 2 is 1.95 bits per heavy atom. The monoisotopic (exact) mass is 287 g/mol. The van der Waals surface area contributed by atoms with Crippen molar-refractivity contribution in [3.05, 3.63) is 59.9 Å². The second kappa shape index (κ2) is 6.88. The molecule has 0 bridgehead atoms. The van der Waals surface area contributed by atoms with Crippen LogP contribution in [0.25, 0.3) is 0 Å². The molecule has 1 N–H and O–H groups in total. The van der Waals surface area contributed by atoms with Crippen molar-refractivity contribution in [1.82, 2.24) is 0 Å². The number of benzene rings is 2. The summed E-state index contributed by atoms with van der Waals surface area (Å²) in [5.74, 6) is 0.0493. The van der Waals surface area contributed by atoms with Crippen molar-refractivity contribution >= 4 is 11.6 Å². The van der Waals surface area contributed by atoms with Crippen LogP contribution in [-0.2, 0) is 11.2 Å². The largest absolute Gasteiger partial charge is 0.481 e. The van der Waals surface area contributed by atoms with Crippen molar-refractivity contribution in [3.63, 3.8) is 0 Å². The number of carbonyl (C=O) groups excluding carboxylic acids is 1. The predicted octanol–water partition coefficient (Wildman–Crippen LogP) is 3.79. The minimum absolute atomic E-state index is 0.275. The maximum Gasteiger partial charge on any atom is 0.265 e. The van der Waals surface area contributed by atoms with Crippen molar-refractivity contribution in [2.75, 3.05) is 5.32 Å². The van der Waals surface area contributed by atoms with E-state index in [0.29, 0.717) is 11.4 Å². The van der Waals surface area contributed by atoms with Gasteiger partial charge < -0.3 is 10.1 Å². The number of anilines is 1. The number of hydrogen-bond acceptors (Lipinski definition) is 2. The number of halogens is 1. The van der Waals surface area contributed by atoms with Gasteiger partial charge in [-0.25, -0.2) is 4.39 Å². The van der Waals surface area contributed by atoms with Crippen molar-refractivity contribution in [2.45, 2.75) is 26.4 Å². The standard InChI is InChI=1S/C17H18FNO2/c1-3-13-5-4-6-16(11-13)21-12(2)17(20)19-15-9-7-14(18)8-10-15/h4-12H,3H2,1-2H3,(H,19,20). The van der Waals surface area contributed by atoms with Gasteiger partial charge in [-0.2, -0.15) is 0 Å². The Morgan fingerprint density at radius 1 is 1.24 bits per heavy atom. The summed E-state index contributed by atoms with van der Waals surface area (Å²) in [4.78, 5) is 12.0. The number of rotatable bonds is 5. The Morgan fingerprint density at radius 3 is 2.62 bits per heavy atom. The van der Waals surface area contributed by atoms with Crippen LogP contribution in [0.4, 0.5) is 10.1 Å². The summed E-state index contributed by atoms with van der Waals surface area (Å²) in [5, 5.41) is 2.69. The molecule has 0 heterocycles. The maximum absolute atomic E-state index is 12.8. The Kier molecular flexibility index (Phi) is 4.93. The van der Waals surface area contributed by atoms with E-state index in [1.807, 2.05) is 24.3 Å². The van der Waals surface area contributed by atoms with Crippen LogP contribution < -0.4 is 10.1 Å². The van der Waals surface area contributed by atoms with E-state index in [2.05, 4.69) is 12.2 Å². The second-order valence-electron chi connectivity index (χ2n) is 4.76. The molecule has 21 heavy (non-hydrogen) atoms. The van der Waals surface area contributed by atoms with E-state index in [1.165, 1.54) is 24.3 Å². The molecule has 2 aromatic carbocycles. The van der Waals surface area contributed by atoms with Gasteiger partial charge in [0.2, 0.25) is 0 Å². The van der Waals surface area contributed by atoms with E-state index in [4.69, 9.17) is 4.74 Å². The Bertz CT molecular complexity index is 610. The fourth-order valence-corrected chi connectivity index (χ4v) is 1.87. The molecule has 0 aromatic heterocycles. The molecule has 0 aliphatic carbocycles. The van der Waals surface area contributed by atoms with Crippen LogP contribution >= 0.6 is 0 Å². The predicted molar refractivity (Wildman–Crippen MR) is 80.9 cm³/mol. The molecule has 1 amide bonds. The number of amides is 1. The first-order valence-corrected chi connectivity index (χ1v) is 6.90. The zero-order chi connectivity index (χ0) is 15.2. The lowest BCUT2D eigenvalue weighted by atomic mass is 10.2. The molecule has 3 nitrogen and oxygen atoms in total. The van der Waals surface area contributed by atoms with Gasteiger partial charge in [0.1, 0.15) is 11.6 Å². The molecule has 0 saturated carbocycles. The van der Waals surface area contributed by atoms with Gasteiger partial charge in [0.15, 0.2) is 6.10 Å². The molecule has 0 radical (unpaired) electrons. The van der Waals surface area contributed by atoms with E-state index in [1.54, 1.807) is 6.92 Å². The van der Waals surface area contributed by atoms with Gasteiger partial charge in [0.25, 0.3) is 5.91 Å². The second-order valence-corrected chi connectivity index (χ2v) is 4.76. The summed E-state index contributed by atoms with van der Waals surface area (Å²) < 4.78 is 18.4. The summed E-state index contributed by atoms with van der Waals surface area (Å²) in [6, 6.07) is 13.3. The van der Waals surface area contributed by atoms with E-state index in [0.717, 1.165) is 12.0 Å². The normalized spacial score (nSPS) is 11.8. The third kappa shape index (κ3) is 4.31. The molecular formula is C17H18FNO2. The van der Waals surface area contributed by atoms with E-state index >= 15 is 0 Å². The quantitative estimate of drug-likeness (QED) is 0.908. The average Bonchev–Trinajstić information content (AvgIpc) is 2.49. The third-order valence-electron chi connectivity index (χ3n) is 3.10. The summed E-state index contributed by atoms with van der Waals surface area (Å²) in [5.41, 5.74) is 1.69. The van der Waals surface area contributed by atoms with Gasteiger partial charge in [-0.05, 0) is 55.3 Å². The molecule has 2 rings (SSSR count). The van der Waals surface area contributed by atoms with Gasteiger partial charge in [0, 0.05) is 5.69 Å². The first-order valence-electron chi connectivity index (χ1n) is 6.90. The lowest BCUT2D eigenvalue weighted by Gasteiger charge is -2.15. The number of nitrogens with one attached hydrogen (secondary N) is 1. The summed E-state index contributed by atoms with van der Waals surface area (Å²) >= 11 is 0. The lowest BCUT2D eigenvalue weighted by molar-refractivity contribution is -0.122. The van der Waals surface area contributed by atoms with Crippen LogP contribution in [0.15, 0.2) is 48.5 Å². The van der Waals surface area contributed by atoms with E-state index in [9.17, 15) is 9.18 Å². The van der Waals surface area contributed by atoms with Crippen LogP contribution in [-0.4, -0.2) is 12.0 Å². The van der Waals surface area contributed by atoms with E-state index in [-0.39, 0.29) is 11.7 Å². The lowest BCUT2D eigenvalue weighted by Crippen LogP contribution is -2.30. The highest BCUT2D eigenvalue weighted by Crippen LogP contribution is 2.16. The van der Waals surface area contributed by atoms with Crippen molar-refractivity contribution in [3.8, 4) is 5.75 Å². The van der Waals surface area contributed by atoms with Crippen LogP contribution in [0.3, 0.4) is 0 Å². The molecule has 0 saturated heterocycles. The van der Waals surface area contributed by atoms with E-state index < -0.39 is 6.10 Å². The third-order valence-corrected chi connectivity index (χ3v) is 3.10. The van der Waals surface area contributed by atoms with Crippen LogP contribution in [0.5, 0.6) is 5.75 Å². The molecular weight excluding hydrogens is 269 g/mol. The summed E-state index contributed by atoms with van der Waals surface area (Å²) in [7, 11) is 0. The highest BCUT2D eigenvalue weighted by atomic mass is 19.1. The topological polar surface area (TPSA) is 38.3 Å². The van der Waals surface area contributed by atoms with Gasteiger partial charge in [-0.15, -0.1) is 0 Å². The highest BCUT2D eigenvalue weighted by molar-refractivity contribution is 5.94. The van der Waals surface area contributed by atoms with Crippen LogP contribution in [0.1, 0.15) is 19.4 Å². The smallest absolute Gasteiger partial charge is 0.265 e. The molecule has 1 atom stereocenters. The van der Waals surface area contributed by atoms with Gasteiger partial charge in [-0.1, -0.05) is 19.1 Å². The average molecular weight is 287 g/mol. The van der Waals surface area contributed by atoms with Gasteiger partial charge in [0.05, 0.1) is 0 Å². The zero-order valence-corrected chi connectivity index (χ0v) is 12.1. The Hall–Kier alpha value is -2.36.